The maximum Gasteiger partial charge on any atom is 0.223 e. The summed E-state index contributed by atoms with van der Waals surface area (Å²) in [5, 5.41) is 2.90. The minimum absolute atomic E-state index is 0.0259. The minimum Gasteiger partial charge on any atom is -0.493 e. The smallest absolute Gasteiger partial charge is 0.223 e. The Bertz CT molecular complexity index is 796. The largest absolute Gasteiger partial charge is 0.493 e. The van der Waals surface area contributed by atoms with Crippen molar-refractivity contribution in [3.8, 4) is 5.75 Å². The molecular formula is C18H19N3O2. The molecule has 23 heavy (non-hydrogen) atoms. The van der Waals surface area contributed by atoms with Crippen LogP contribution in [0.1, 0.15) is 12.0 Å². The van der Waals surface area contributed by atoms with Gasteiger partial charge >= 0.3 is 0 Å². The van der Waals surface area contributed by atoms with Crippen LogP contribution in [0.3, 0.4) is 0 Å². The number of nitrogens with one attached hydrogen (secondary N) is 1. The molecule has 3 rings (SSSR count). The molecule has 0 aliphatic carbocycles. The molecule has 118 valence electrons. The zero-order valence-corrected chi connectivity index (χ0v) is 13.0. The Labute approximate surface area is 134 Å². The summed E-state index contributed by atoms with van der Waals surface area (Å²) in [6.07, 6.45) is 2.12. The topological polar surface area (TPSA) is 56.2 Å². The van der Waals surface area contributed by atoms with Gasteiger partial charge in [-0.25, -0.2) is 4.98 Å². The van der Waals surface area contributed by atoms with Gasteiger partial charge in [0.05, 0.1) is 30.4 Å². The molecule has 0 radical (unpaired) electrons. The van der Waals surface area contributed by atoms with Crippen molar-refractivity contribution in [3.63, 3.8) is 0 Å². The fourth-order valence-electron chi connectivity index (χ4n) is 2.36. The molecule has 2 aromatic carbocycles. The molecule has 0 fully saturated rings. The molecule has 0 unspecified atom stereocenters. The number of hydrogen-bond donors (Lipinski definition) is 1. The lowest BCUT2D eigenvalue weighted by atomic mass is 10.2. The van der Waals surface area contributed by atoms with Crippen LogP contribution in [0.25, 0.3) is 11.0 Å². The molecular weight excluding hydrogens is 290 g/mol. The number of carbonyl (C=O) groups is 1. The second-order valence-corrected chi connectivity index (χ2v) is 5.37. The van der Waals surface area contributed by atoms with Crippen molar-refractivity contribution in [2.75, 3.05) is 6.61 Å². The van der Waals surface area contributed by atoms with E-state index < -0.39 is 0 Å². The highest BCUT2D eigenvalue weighted by Gasteiger charge is 2.04. The Kier molecular flexibility index (Phi) is 4.57. The summed E-state index contributed by atoms with van der Waals surface area (Å²) >= 11 is 0. The summed E-state index contributed by atoms with van der Waals surface area (Å²) in [4.78, 5) is 16.2. The average Bonchev–Trinajstić information content (AvgIpc) is 2.95. The first-order valence-electron chi connectivity index (χ1n) is 7.57. The molecule has 1 heterocycles. The molecule has 1 amide bonds. The van der Waals surface area contributed by atoms with E-state index in [1.807, 2.05) is 60.1 Å². The van der Waals surface area contributed by atoms with Crippen molar-refractivity contribution < 1.29 is 9.53 Å². The molecule has 0 bridgehead atoms. The van der Waals surface area contributed by atoms with Gasteiger partial charge < -0.3 is 14.6 Å². The molecule has 0 atom stereocenters. The molecule has 1 aromatic heterocycles. The Balaban J connectivity index is 1.46. The van der Waals surface area contributed by atoms with E-state index >= 15 is 0 Å². The van der Waals surface area contributed by atoms with Crippen LogP contribution in [0.2, 0.25) is 0 Å². The monoisotopic (exact) mass is 309 g/mol. The maximum absolute atomic E-state index is 11.9. The van der Waals surface area contributed by atoms with Crippen LogP contribution in [0.15, 0.2) is 54.9 Å². The first-order valence-corrected chi connectivity index (χ1v) is 7.57. The number of amides is 1. The third kappa shape index (κ3) is 3.88. The SMILES string of the molecule is Cn1cnc2cc(CNC(=O)CCOc3ccccc3)ccc21. The quantitative estimate of drug-likeness (QED) is 0.761. The van der Waals surface area contributed by atoms with E-state index in [4.69, 9.17) is 4.74 Å². The number of imidazole rings is 1. The van der Waals surface area contributed by atoms with E-state index in [-0.39, 0.29) is 5.91 Å². The molecule has 0 aliphatic heterocycles. The van der Waals surface area contributed by atoms with Gasteiger partial charge in [-0.15, -0.1) is 0 Å². The van der Waals surface area contributed by atoms with Crippen molar-refractivity contribution in [3.05, 3.63) is 60.4 Å². The number of rotatable bonds is 6. The number of aryl methyl sites for hydroxylation is 1. The molecule has 0 saturated carbocycles. The summed E-state index contributed by atoms with van der Waals surface area (Å²) in [6.45, 7) is 0.867. The van der Waals surface area contributed by atoms with Crippen molar-refractivity contribution in [1.29, 1.82) is 0 Å². The Hall–Kier alpha value is -2.82. The molecule has 0 spiro atoms. The van der Waals surface area contributed by atoms with E-state index in [2.05, 4.69) is 10.3 Å². The molecule has 5 nitrogen and oxygen atoms in total. The van der Waals surface area contributed by atoms with Gasteiger partial charge in [-0.3, -0.25) is 4.79 Å². The van der Waals surface area contributed by atoms with Crippen LogP contribution in [0.4, 0.5) is 0 Å². The van der Waals surface area contributed by atoms with E-state index in [0.29, 0.717) is 19.6 Å². The summed E-state index contributed by atoms with van der Waals surface area (Å²) in [6, 6.07) is 15.5. The Morgan fingerprint density at radius 2 is 2.04 bits per heavy atom. The van der Waals surface area contributed by atoms with Crippen molar-refractivity contribution >= 4 is 16.9 Å². The average molecular weight is 309 g/mol. The number of aromatic nitrogens is 2. The van der Waals surface area contributed by atoms with Gasteiger partial charge in [-0.05, 0) is 29.8 Å². The normalized spacial score (nSPS) is 10.7. The van der Waals surface area contributed by atoms with E-state index in [0.717, 1.165) is 22.3 Å². The zero-order valence-electron chi connectivity index (χ0n) is 13.0. The van der Waals surface area contributed by atoms with Gasteiger partial charge in [0.15, 0.2) is 0 Å². The van der Waals surface area contributed by atoms with Crippen molar-refractivity contribution in [1.82, 2.24) is 14.9 Å². The number of ether oxygens (including phenoxy) is 1. The van der Waals surface area contributed by atoms with E-state index in [9.17, 15) is 4.79 Å². The number of fused-ring (bicyclic) bond motifs is 1. The van der Waals surface area contributed by atoms with Gasteiger partial charge in [-0.1, -0.05) is 24.3 Å². The van der Waals surface area contributed by atoms with E-state index in [1.165, 1.54) is 0 Å². The highest BCUT2D eigenvalue weighted by molar-refractivity contribution is 5.77. The molecule has 3 aromatic rings. The second kappa shape index (κ2) is 6.96. The maximum atomic E-state index is 11.9. The standard InChI is InChI=1S/C18H19N3O2/c1-21-13-20-16-11-14(7-8-17(16)21)12-19-18(22)9-10-23-15-5-3-2-4-6-15/h2-8,11,13H,9-10,12H2,1H3,(H,19,22). The molecule has 0 aliphatic rings. The predicted octanol–water partition coefficient (Wildman–Crippen LogP) is 2.66. The fraction of sp³-hybridized carbons (Fsp3) is 0.222. The van der Waals surface area contributed by atoms with Crippen LogP contribution < -0.4 is 10.1 Å². The highest BCUT2D eigenvalue weighted by atomic mass is 16.5. The van der Waals surface area contributed by atoms with Crippen LogP contribution in [0.5, 0.6) is 5.75 Å². The van der Waals surface area contributed by atoms with Gasteiger partial charge in [0.25, 0.3) is 0 Å². The van der Waals surface area contributed by atoms with Crippen LogP contribution in [0, 0.1) is 0 Å². The number of hydrogen-bond acceptors (Lipinski definition) is 3. The Morgan fingerprint density at radius 3 is 2.87 bits per heavy atom. The van der Waals surface area contributed by atoms with Crippen molar-refractivity contribution in [2.24, 2.45) is 7.05 Å². The summed E-state index contributed by atoms with van der Waals surface area (Å²) in [5.74, 6) is 0.753. The number of nitrogens with zero attached hydrogens (tertiary/aromatic N) is 2. The van der Waals surface area contributed by atoms with Crippen LogP contribution in [-0.4, -0.2) is 22.1 Å². The lowest BCUT2D eigenvalue weighted by Gasteiger charge is -2.07. The summed E-state index contributed by atoms with van der Waals surface area (Å²) < 4.78 is 7.49. The highest BCUT2D eigenvalue weighted by Crippen LogP contribution is 2.13. The number of carbonyl (C=O) groups excluding carboxylic acids is 1. The lowest BCUT2D eigenvalue weighted by molar-refractivity contribution is -0.121. The Morgan fingerprint density at radius 1 is 1.22 bits per heavy atom. The molecule has 5 heteroatoms. The van der Waals surface area contributed by atoms with Crippen molar-refractivity contribution in [2.45, 2.75) is 13.0 Å². The first-order chi connectivity index (χ1) is 11.2. The third-order valence-electron chi connectivity index (χ3n) is 3.62. The van der Waals surface area contributed by atoms with Gasteiger partial charge in [0, 0.05) is 13.6 Å². The van der Waals surface area contributed by atoms with Gasteiger partial charge in [-0.2, -0.15) is 0 Å². The van der Waals surface area contributed by atoms with Crippen LogP contribution >= 0.6 is 0 Å². The fourth-order valence-corrected chi connectivity index (χ4v) is 2.36. The molecule has 0 saturated heterocycles. The third-order valence-corrected chi connectivity index (χ3v) is 3.62. The number of benzene rings is 2. The zero-order chi connectivity index (χ0) is 16.1. The lowest BCUT2D eigenvalue weighted by Crippen LogP contribution is -2.24. The molecule has 1 N–H and O–H groups in total. The van der Waals surface area contributed by atoms with Gasteiger partial charge in [0.2, 0.25) is 5.91 Å². The summed E-state index contributed by atoms with van der Waals surface area (Å²) in [5.41, 5.74) is 3.05. The van der Waals surface area contributed by atoms with E-state index in [1.54, 1.807) is 6.33 Å². The minimum atomic E-state index is -0.0259. The first kappa shape index (κ1) is 15.1. The summed E-state index contributed by atoms with van der Waals surface area (Å²) in [7, 11) is 1.96. The predicted molar refractivity (Wildman–Crippen MR) is 89.1 cm³/mol. The second-order valence-electron chi connectivity index (χ2n) is 5.37. The van der Waals surface area contributed by atoms with Crippen LogP contribution in [-0.2, 0) is 18.4 Å². The van der Waals surface area contributed by atoms with Gasteiger partial charge in [0.1, 0.15) is 5.75 Å². The number of para-hydroxylation sites is 1.